The number of rotatable bonds is 3. The molecule has 0 aromatic heterocycles. The van der Waals surface area contributed by atoms with Crippen LogP contribution in [0.15, 0.2) is 12.0 Å². The number of carbonyl (C=O) groups excluding carboxylic acids is 1. The van der Waals surface area contributed by atoms with E-state index in [9.17, 15) is 4.79 Å². The molecule has 1 heterocycles. The normalized spacial score (nSPS) is 15.3. The van der Waals surface area contributed by atoms with Gasteiger partial charge in [0.15, 0.2) is 12.4 Å². The van der Waals surface area contributed by atoms with Gasteiger partial charge in [-0.05, 0) is 0 Å². The van der Waals surface area contributed by atoms with Crippen LogP contribution in [0.25, 0.3) is 0 Å². The fourth-order valence-corrected chi connectivity index (χ4v) is 0.447. The van der Waals surface area contributed by atoms with Gasteiger partial charge < -0.3 is 14.2 Å². The molecule has 0 aromatic carbocycles. The van der Waals surface area contributed by atoms with E-state index in [-0.39, 0.29) is 13.4 Å². The molecule has 9 heavy (non-hydrogen) atoms. The maximum atomic E-state index is 9.49. The monoisotopic (exact) mass is 129 g/mol. The number of ether oxygens (including phenoxy) is 3. The Labute approximate surface area is 52.0 Å². The first-order valence-electron chi connectivity index (χ1n) is 2.36. The summed E-state index contributed by atoms with van der Waals surface area (Å²) in [6, 6.07) is 0. The summed E-state index contributed by atoms with van der Waals surface area (Å²) in [7, 11) is 0. The minimum atomic E-state index is 0.101. The average molecular weight is 129 g/mol. The van der Waals surface area contributed by atoms with Crippen LogP contribution in [0.4, 0.5) is 0 Å². The molecule has 0 saturated heterocycles. The van der Waals surface area contributed by atoms with Crippen molar-refractivity contribution in [2.75, 3.05) is 13.4 Å². The van der Waals surface area contributed by atoms with Crippen molar-refractivity contribution in [1.29, 1.82) is 0 Å². The van der Waals surface area contributed by atoms with Crippen molar-refractivity contribution in [2.24, 2.45) is 0 Å². The SMILES string of the molecule is O=[C]OCC1=COCO1. The van der Waals surface area contributed by atoms with Crippen molar-refractivity contribution in [3.8, 4) is 0 Å². The Bertz CT molecular complexity index is 129. The minimum absolute atomic E-state index is 0.101. The molecule has 0 amide bonds. The van der Waals surface area contributed by atoms with Crippen molar-refractivity contribution in [3.63, 3.8) is 0 Å². The Morgan fingerprint density at radius 3 is 3.33 bits per heavy atom. The summed E-state index contributed by atoms with van der Waals surface area (Å²) in [4.78, 5) is 9.49. The van der Waals surface area contributed by atoms with Crippen LogP contribution >= 0.6 is 0 Å². The van der Waals surface area contributed by atoms with Gasteiger partial charge in [-0.3, -0.25) is 0 Å². The van der Waals surface area contributed by atoms with E-state index in [1.54, 1.807) is 0 Å². The molecule has 1 aliphatic heterocycles. The average Bonchev–Trinajstić information content (AvgIpc) is 2.34. The summed E-state index contributed by atoms with van der Waals surface area (Å²) in [6.45, 7) is 1.57. The zero-order valence-corrected chi connectivity index (χ0v) is 4.62. The summed E-state index contributed by atoms with van der Waals surface area (Å²) >= 11 is 0. The third-order valence-electron chi connectivity index (χ3n) is 0.800. The lowest BCUT2D eigenvalue weighted by atomic mass is 10.6. The van der Waals surface area contributed by atoms with Crippen molar-refractivity contribution in [3.05, 3.63) is 12.0 Å². The van der Waals surface area contributed by atoms with Crippen LogP contribution in [0.1, 0.15) is 0 Å². The zero-order chi connectivity index (χ0) is 6.53. The van der Waals surface area contributed by atoms with E-state index in [0.717, 1.165) is 0 Å². The Kier molecular flexibility index (Phi) is 1.95. The van der Waals surface area contributed by atoms with Crippen LogP contribution in [0.5, 0.6) is 0 Å². The lowest BCUT2D eigenvalue weighted by Gasteiger charge is -1.95. The number of hydrogen-bond acceptors (Lipinski definition) is 4. The molecule has 0 N–H and O–H groups in total. The molecule has 1 radical (unpaired) electrons. The quantitative estimate of drug-likeness (QED) is 0.534. The van der Waals surface area contributed by atoms with Gasteiger partial charge in [0.25, 0.3) is 0 Å². The molecular formula is C5H5O4. The minimum Gasteiger partial charge on any atom is -0.461 e. The summed E-state index contributed by atoms with van der Waals surface area (Å²) in [5, 5.41) is 0. The first kappa shape index (κ1) is 5.94. The second kappa shape index (κ2) is 2.96. The standard InChI is InChI=1S/C5H5O4/c6-3-7-1-5-2-8-4-9-5/h2H,1,4H2. The van der Waals surface area contributed by atoms with Gasteiger partial charge >= 0.3 is 6.47 Å². The van der Waals surface area contributed by atoms with E-state index in [0.29, 0.717) is 5.76 Å². The van der Waals surface area contributed by atoms with Gasteiger partial charge in [-0.15, -0.1) is 0 Å². The molecule has 1 aliphatic rings. The lowest BCUT2D eigenvalue weighted by Crippen LogP contribution is -1.96. The molecule has 0 unspecified atom stereocenters. The second-order valence-corrected chi connectivity index (χ2v) is 1.39. The third-order valence-corrected chi connectivity index (χ3v) is 0.800. The number of hydrogen-bond donors (Lipinski definition) is 0. The molecule has 49 valence electrons. The first-order chi connectivity index (χ1) is 4.43. The molecule has 4 nitrogen and oxygen atoms in total. The highest BCUT2D eigenvalue weighted by atomic mass is 16.7. The van der Waals surface area contributed by atoms with Crippen LogP contribution in [0, 0.1) is 0 Å². The Balaban J connectivity index is 2.18. The largest absolute Gasteiger partial charge is 0.461 e. The predicted molar refractivity (Wildman–Crippen MR) is 26.8 cm³/mol. The molecule has 0 aliphatic carbocycles. The van der Waals surface area contributed by atoms with Crippen molar-refractivity contribution < 1.29 is 19.0 Å². The van der Waals surface area contributed by atoms with E-state index in [1.807, 2.05) is 0 Å². The molecule has 0 spiro atoms. The molecule has 0 bridgehead atoms. The summed E-state index contributed by atoms with van der Waals surface area (Å²) in [5.74, 6) is 0.512. The smallest absolute Gasteiger partial charge is 0.417 e. The second-order valence-electron chi connectivity index (χ2n) is 1.39. The topological polar surface area (TPSA) is 44.8 Å². The molecule has 0 fully saturated rings. The summed E-state index contributed by atoms with van der Waals surface area (Å²) in [5.41, 5.74) is 0. The van der Waals surface area contributed by atoms with Crippen molar-refractivity contribution >= 4 is 6.47 Å². The van der Waals surface area contributed by atoms with E-state index in [1.165, 1.54) is 12.7 Å². The van der Waals surface area contributed by atoms with Crippen molar-refractivity contribution in [1.82, 2.24) is 0 Å². The van der Waals surface area contributed by atoms with Crippen molar-refractivity contribution in [2.45, 2.75) is 0 Å². The van der Waals surface area contributed by atoms with E-state index < -0.39 is 0 Å². The van der Waals surface area contributed by atoms with Gasteiger partial charge in [-0.2, -0.15) is 0 Å². The molecule has 0 aromatic rings. The maximum absolute atomic E-state index is 9.49. The summed E-state index contributed by atoms with van der Waals surface area (Å²) < 4.78 is 13.7. The zero-order valence-electron chi connectivity index (χ0n) is 4.62. The van der Waals surface area contributed by atoms with Gasteiger partial charge in [-0.25, -0.2) is 4.79 Å². The van der Waals surface area contributed by atoms with Gasteiger partial charge in [0, 0.05) is 0 Å². The fraction of sp³-hybridized carbons (Fsp3) is 0.400. The lowest BCUT2D eigenvalue weighted by molar-refractivity contribution is 0.0700. The highest BCUT2D eigenvalue weighted by Crippen LogP contribution is 2.05. The van der Waals surface area contributed by atoms with E-state index in [2.05, 4.69) is 9.47 Å². The fourth-order valence-electron chi connectivity index (χ4n) is 0.447. The van der Waals surface area contributed by atoms with Gasteiger partial charge in [0.1, 0.15) is 6.26 Å². The molecule has 0 saturated carbocycles. The van der Waals surface area contributed by atoms with E-state index in [4.69, 9.17) is 4.74 Å². The maximum Gasteiger partial charge on any atom is 0.417 e. The Morgan fingerprint density at radius 2 is 2.78 bits per heavy atom. The molecular weight excluding hydrogens is 124 g/mol. The first-order valence-corrected chi connectivity index (χ1v) is 2.36. The van der Waals surface area contributed by atoms with Crippen LogP contribution in [-0.2, 0) is 19.0 Å². The Hall–Kier alpha value is -1.19. The van der Waals surface area contributed by atoms with Gasteiger partial charge in [0.2, 0.25) is 6.79 Å². The van der Waals surface area contributed by atoms with Gasteiger partial charge in [0.05, 0.1) is 0 Å². The van der Waals surface area contributed by atoms with Crippen LogP contribution < -0.4 is 0 Å². The van der Waals surface area contributed by atoms with Crippen LogP contribution in [0.3, 0.4) is 0 Å². The van der Waals surface area contributed by atoms with Crippen LogP contribution in [-0.4, -0.2) is 19.9 Å². The highest BCUT2D eigenvalue weighted by Gasteiger charge is 2.04. The van der Waals surface area contributed by atoms with E-state index >= 15 is 0 Å². The Morgan fingerprint density at radius 1 is 1.89 bits per heavy atom. The molecule has 1 rings (SSSR count). The predicted octanol–water partition coefficient (Wildman–Crippen LogP) is -0.0841. The summed E-state index contributed by atoms with van der Waals surface area (Å²) in [6.07, 6.45) is 1.40. The highest BCUT2D eigenvalue weighted by molar-refractivity contribution is 5.38. The molecule has 0 atom stereocenters. The van der Waals surface area contributed by atoms with Crippen LogP contribution in [0.2, 0.25) is 0 Å². The van der Waals surface area contributed by atoms with Gasteiger partial charge in [-0.1, -0.05) is 0 Å². The molecule has 4 heteroatoms. The third kappa shape index (κ3) is 1.64.